The van der Waals surface area contributed by atoms with Gasteiger partial charge in [0.15, 0.2) is 0 Å². The van der Waals surface area contributed by atoms with E-state index in [1.807, 2.05) is 130 Å². The van der Waals surface area contributed by atoms with E-state index in [4.69, 9.17) is 27.1 Å². The number of phosphoric ester groups is 1. The Bertz CT molecular complexity index is 1620. The Balaban J connectivity index is 0.000000233. The first kappa shape index (κ1) is 40.5. The van der Waals surface area contributed by atoms with E-state index in [1.54, 1.807) is 24.3 Å². The SMILES string of the molecule is CC(C)CCCCCCCOP(=O)(Oc1ccccc1)Oc1ccccc1.Cc1ccccc1OP(Oc1ccccc1C)Oc1ccccc1C. The van der Waals surface area contributed by atoms with Crippen molar-refractivity contribution in [1.29, 1.82) is 0 Å². The van der Waals surface area contributed by atoms with Gasteiger partial charge in [-0.3, -0.25) is 4.52 Å². The van der Waals surface area contributed by atoms with Gasteiger partial charge in [0.2, 0.25) is 0 Å². The molecule has 5 aromatic rings. The Morgan fingerprint density at radius 2 is 0.865 bits per heavy atom. The minimum atomic E-state index is -3.74. The van der Waals surface area contributed by atoms with Crippen molar-refractivity contribution in [1.82, 2.24) is 0 Å². The first-order valence-electron chi connectivity index (χ1n) is 18.0. The molecule has 0 saturated heterocycles. The Morgan fingerprint density at radius 3 is 1.27 bits per heavy atom. The van der Waals surface area contributed by atoms with Crippen LogP contribution in [0.3, 0.4) is 0 Å². The molecule has 0 radical (unpaired) electrons. The largest absolute Gasteiger partial charge is 0.587 e. The lowest BCUT2D eigenvalue weighted by atomic mass is 10.0. The number of phosphoric acid groups is 1. The summed E-state index contributed by atoms with van der Waals surface area (Å²) in [6.07, 6.45) is 6.83. The summed E-state index contributed by atoms with van der Waals surface area (Å²) in [5.74, 6) is 3.97. The highest BCUT2D eigenvalue weighted by Gasteiger charge is 2.30. The van der Waals surface area contributed by atoms with Crippen LogP contribution in [0.15, 0.2) is 133 Å². The van der Waals surface area contributed by atoms with E-state index in [2.05, 4.69) is 13.8 Å². The highest BCUT2D eigenvalue weighted by atomic mass is 31.2. The summed E-state index contributed by atoms with van der Waals surface area (Å²) in [5.41, 5.74) is 3.12. The molecule has 0 heterocycles. The van der Waals surface area contributed by atoms with Crippen molar-refractivity contribution in [2.24, 2.45) is 5.92 Å². The minimum absolute atomic E-state index is 0.348. The number of hydrogen-bond donors (Lipinski definition) is 0. The molecule has 7 nitrogen and oxygen atoms in total. The van der Waals surface area contributed by atoms with Crippen molar-refractivity contribution in [3.8, 4) is 28.7 Å². The number of benzene rings is 5. The summed E-state index contributed by atoms with van der Waals surface area (Å²) < 4.78 is 48.1. The Labute approximate surface area is 311 Å². The average molecular weight is 743 g/mol. The predicted molar refractivity (Wildman–Crippen MR) is 213 cm³/mol. The molecule has 0 fully saturated rings. The standard InChI is InChI=1S/C22H31O4P.C21H21O3P/c1-20(2)14-8-4-3-5-13-19-24-27(23,25-21-15-9-6-10-16-21)26-22-17-11-7-12-18-22;1-16-10-4-7-13-19(16)22-25(23-20-14-8-5-11-17(20)2)24-21-15-9-6-12-18(21)3/h6-7,9-12,15-18,20H,3-5,8,13-14,19H2,1-2H3;4-15H,1-3H3. The molecule has 9 heteroatoms. The maximum atomic E-state index is 13.1. The van der Waals surface area contributed by atoms with Gasteiger partial charge >= 0.3 is 16.4 Å². The number of rotatable bonds is 19. The normalized spacial score (nSPS) is 11.1. The zero-order valence-electron chi connectivity index (χ0n) is 31.0. The fourth-order valence-corrected chi connectivity index (χ4v) is 7.39. The van der Waals surface area contributed by atoms with Crippen LogP contribution in [-0.2, 0) is 9.09 Å². The summed E-state index contributed by atoms with van der Waals surface area (Å²) in [5, 5.41) is 0. The first-order valence-corrected chi connectivity index (χ1v) is 20.5. The molecule has 0 unspecified atom stereocenters. The van der Waals surface area contributed by atoms with Gasteiger partial charge in [0.25, 0.3) is 0 Å². The maximum Gasteiger partial charge on any atom is 0.587 e. The fourth-order valence-electron chi connectivity index (χ4n) is 4.93. The van der Waals surface area contributed by atoms with E-state index in [0.717, 1.165) is 52.7 Å². The summed E-state index contributed by atoms with van der Waals surface area (Å²) in [6, 6.07) is 41.5. The van der Waals surface area contributed by atoms with Crippen molar-refractivity contribution in [2.75, 3.05) is 6.61 Å². The van der Waals surface area contributed by atoms with Crippen LogP contribution in [0, 0.1) is 26.7 Å². The van der Waals surface area contributed by atoms with Gasteiger partial charge in [-0.05, 0) is 92.3 Å². The zero-order chi connectivity index (χ0) is 37.0. The van der Waals surface area contributed by atoms with Crippen LogP contribution in [0.4, 0.5) is 0 Å². The van der Waals surface area contributed by atoms with E-state index in [9.17, 15) is 4.57 Å². The van der Waals surface area contributed by atoms with Gasteiger partial charge in [0.1, 0.15) is 28.7 Å². The van der Waals surface area contributed by atoms with Crippen LogP contribution >= 0.6 is 16.4 Å². The van der Waals surface area contributed by atoms with Crippen LogP contribution in [0.5, 0.6) is 28.7 Å². The van der Waals surface area contributed by atoms with Crippen LogP contribution in [-0.4, -0.2) is 6.61 Å². The Morgan fingerprint density at radius 1 is 0.500 bits per heavy atom. The second-order valence-corrected chi connectivity index (χ2v) is 15.3. The number of hydrogen-bond acceptors (Lipinski definition) is 7. The third-order valence-electron chi connectivity index (χ3n) is 7.90. The van der Waals surface area contributed by atoms with Gasteiger partial charge in [-0.2, -0.15) is 0 Å². The molecule has 0 aliphatic heterocycles. The molecule has 0 atom stereocenters. The average Bonchev–Trinajstić information content (AvgIpc) is 3.13. The Kier molecular flexibility index (Phi) is 17.1. The highest BCUT2D eigenvalue weighted by molar-refractivity contribution is 7.49. The van der Waals surface area contributed by atoms with Crippen molar-refractivity contribution >= 4 is 16.4 Å². The molecule has 0 amide bonds. The van der Waals surface area contributed by atoms with Gasteiger partial charge in [-0.25, -0.2) is 4.57 Å². The molecule has 0 spiro atoms. The molecule has 0 saturated carbocycles. The Hall–Kier alpha value is -4.28. The van der Waals surface area contributed by atoms with Gasteiger partial charge < -0.3 is 22.6 Å². The minimum Gasteiger partial charge on any atom is -0.408 e. The lowest BCUT2D eigenvalue weighted by molar-refractivity contribution is 0.205. The van der Waals surface area contributed by atoms with Crippen molar-refractivity contribution in [2.45, 2.75) is 73.1 Å². The predicted octanol–water partition coefficient (Wildman–Crippen LogP) is 13.6. The topological polar surface area (TPSA) is 72.5 Å². The molecule has 0 aliphatic carbocycles. The zero-order valence-corrected chi connectivity index (χ0v) is 32.8. The van der Waals surface area contributed by atoms with Crippen LogP contribution in [0.1, 0.15) is 69.1 Å². The van der Waals surface area contributed by atoms with E-state index in [1.165, 1.54) is 25.7 Å². The van der Waals surface area contributed by atoms with Gasteiger partial charge in [0, 0.05) is 0 Å². The van der Waals surface area contributed by atoms with E-state index >= 15 is 0 Å². The summed E-state index contributed by atoms with van der Waals surface area (Å²) in [4.78, 5) is 0. The molecule has 0 aliphatic rings. The highest BCUT2D eigenvalue weighted by Crippen LogP contribution is 2.50. The monoisotopic (exact) mass is 742 g/mol. The molecule has 0 N–H and O–H groups in total. The quantitative estimate of drug-likeness (QED) is 0.0616. The second-order valence-electron chi connectivity index (χ2n) is 12.8. The molecule has 5 rings (SSSR count). The summed E-state index contributed by atoms with van der Waals surface area (Å²) in [7, 11) is -5.38. The number of para-hydroxylation sites is 5. The van der Waals surface area contributed by atoms with Gasteiger partial charge in [0.05, 0.1) is 6.61 Å². The summed E-state index contributed by atoms with van der Waals surface area (Å²) >= 11 is 0. The van der Waals surface area contributed by atoms with Crippen LogP contribution < -0.4 is 22.6 Å². The molecule has 5 aromatic carbocycles. The van der Waals surface area contributed by atoms with E-state index in [-0.39, 0.29) is 0 Å². The molecule has 276 valence electrons. The molecular weight excluding hydrogens is 690 g/mol. The number of aryl methyl sites for hydroxylation is 3. The molecule has 0 bridgehead atoms. The fraction of sp³-hybridized carbons (Fsp3) is 0.302. The van der Waals surface area contributed by atoms with Gasteiger partial charge in [-0.1, -0.05) is 137 Å². The van der Waals surface area contributed by atoms with Crippen LogP contribution in [0.2, 0.25) is 0 Å². The third kappa shape index (κ3) is 14.8. The van der Waals surface area contributed by atoms with Gasteiger partial charge in [-0.15, -0.1) is 0 Å². The van der Waals surface area contributed by atoms with Crippen molar-refractivity contribution in [3.05, 3.63) is 150 Å². The lowest BCUT2D eigenvalue weighted by Crippen LogP contribution is -2.06. The lowest BCUT2D eigenvalue weighted by Gasteiger charge is -2.20. The van der Waals surface area contributed by atoms with E-state index in [0.29, 0.717) is 18.1 Å². The van der Waals surface area contributed by atoms with Crippen molar-refractivity contribution in [3.63, 3.8) is 0 Å². The van der Waals surface area contributed by atoms with E-state index < -0.39 is 16.4 Å². The van der Waals surface area contributed by atoms with Crippen molar-refractivity contribution < 1.29 is 31.7 Å². The maximum absolute atomic E-state index is 13.1. The van der Waals surface area contributed by atoms with Crippen LogP contribution in [0.25, 0.3) is 0 Å². The molecule has 52 heavy (non-hydrogen) atoms. The first-order chi connectivity index (χ1) is 25.2. The summed E-state index contributed by atoms with van der Waals surface area (Å²) in [6.45, 7) is 10.9. The second kappa shape index (κ2) is 21.9. The smallest absolute Gasteiger partial charge is 0.408 e. The molecule has 0 aromatic heterocycles. The number of unbranched alkanes of at least 4 members (excludes halogenated alkanes) is 4. The molecular formula is C43H52O7P2. The third-order valence-corrected chi connectivity index (χ3v) is 10.3.